The monoisotopic (exact) mass is 286 g/mol. The minimum absolute atomic E-state index is 0.0465. The van der Waals surface area contributed by atoms with E-state index in [2.05, 4.69) is 25.5 Å². The van der Waals surface area contributed by atoms with Crippen molar-refractivity contribution in [3.05, 3.63) is 54.5 Å². The molecule has 0 amide bonds. The Morgan fingerprint density at radius 3 is 3.05 bits per heavy atom. The van der Waals surface area contributed by atoms with E-state index in [1.807, 2.05) is 29.9 Å². The molecular weight excluding hydrogens is 268 g/mol. The van der Waals surface area contributed by atoms with Gasteiger partial charge in [-0.1, -0.05) is 0 Å². The number of aryl methyl sites for hydroxylation is 2. The summed E-state index contributed by atoms with van der Waals surface area (Å²) in [5.41, 5.74) is 0. The molecule has 0 aliphatic rings. The Kier molecular flexibility index (Phi) is 4.11. The number of hydrogen-bond acceptors (Lipinski definition) is 5. The van der Waals surface area contributed by atoms with Crippen LogP contribution in [0.3, 0.4) is 0 Å². The van der Waals surface area contributed by atoms with E-state index < -0.39 is 0 Å². The number of hydrogen-bond donors (Lipinski definition) is 2. The summed E-state index contributed by atoms with van der Waals surface area (Å²) in [7, 11) is 1.98. The van der Waals surface area contributed by atoms with E-state index in [0.29, 0.717) is 0 Å². The van der Waals surface area contributed by atoms with E-state index in [1.165, 1.54) is 6.33 Å². The molecule has 1 unspecified atom stereocenters. The van der Waals surface area contributed by atoms with Crippen molar-refractivity contribution in [1.29, 1.82) is 0 Å². The predicted octanol–water partition coefficient (Wildman–Crippen LogP) is 1.44. The molecular formula is C14H18N6O. The fourth-order valence-corrected chi connectivity index (χ4v) is 2.28. The van der Waals surface area contributed by atoms with Gasteiger partial charge < -0.3 is 14.3 Å². The standard InChI is InChI=1S/C14H18N6O/c1-20-8-7-16-14(20)13(11-4-3-9-21-11)15-6-2-5-12-17-10-18-19-12/h3-4,7-10,13,15H,2,5-6H2,1H3,(H,17,18,19). The summed E-state index contributed by atoms with van der Waals surface area (Å²) in [6, 6.07) is 3.80. The summed E-state index contributed by atoms with van der Waals surface area (Å²) < 4.78 is 7.53. The normalized spacial score (nSPS) is 12.6. The van der Waals surface area contributed by atoms with Crippen molar-refractivity contribution in [2.75, 3.05) is 6.54 Å². The van der Waals surface area contributed by atoms with Gasteiger partial charge in [-0.2, -0.15) is 5.10 Å². The van der Waals surface area contributed by atoms with Crippen LogP contribution in [0.2, 0.25) is 0 Å². The minimum Gasteiger partial charge on any atom is -0.467 e. The first kappa shape index (κ1) is 13.6. The predicted molar refractivity (Wildman–Crippen MR) is 76.5 cm³/mol. The first-order valence-electron chi connectivity index (χ1n) is 6.93. The maximum absolute atomic E-state index is 5.53. The summed E-state index contributed by atoms with van der Waals surface area (Å²) in [5.74, 6) is 2.71. The largest absolute Gasteiger partial charge is 0.467 e. The molecule has 110 valence electrons. The molecule has 0 aliphatic carbocycles. The second-order valence-electron chi connectivity index (χ2n) is 4.83. The Morgan fingerprint density at radius 2 is 2.38 bits per heavy atom. The Balaban J connectivity index is 1.62. The van der Waals surface area contributed by atoms with E-state index in [-0.39, 0.29) is 6.04 Å². The Bertz CT molecular complexity index is 643. The zero-order valence-corrected chi connectivity index (χ0v) is 11.9. The summed E-state index contributed by atoms with van der Waals surface area (Å²) in [6.45, 7) is 0.832. The molecule has 0 radical (unpaired) electrons. The fraction of sp³-hybridized carbons (Fsp3) is 0.357. The number of furan rings is 1. The second kappa shape index (κ2) is 6.36. The SMILES string of the molecule is Cn1ccnc1C(NCCCc1ncn[nH]1)c1ccco1. The smallest absolute Gasteiger partial charge is 0.137 e. The van der Waals surface area contributed by atoms with Gasteiger partial charge in [0.15, 0.2) is 0 Å². The lowest BCUT2D eigenvalue weighted by Crippen LogP contribution is -2.26. The van der Waals surface area contributed by atoms with Gasteiger partial charge in [0, 0.05) is 25.9 Å². The van der Waals surface area contributed by atoms with Gasteiger partial charge in [-0.05, 0) is 25.1 Å². The molecule has 3 aromatic heterocycles. The first-order chi connectivity index (χ1) is 10.3. The number of aromatic nitrogens is 5. The number of rotatable bonds is 7. The van der Waals surface area contributed by atoms with E-state index >= 15 is 0 Å². The van der Waals surface area contributed by atoms with Crippen LogP contribution < -0.4 is 5.32 Å². The summed E-state index contributed by atoms with van der Waals surface area (Å²) in [5, 5.41) is 10.2. The van der Waals surface area contributed by atoms with Crippen molar-refractivity contribution in [3.8, 4) is 0 Å². The van der Waals surface area contributed by atoms with E-state index in [0.717, 1.165) is 36.8 Å². The Labute approximate surface area is 122 Å². The number of nitrogens with one attached hydrogen (secondary N) is 2. The molecule has 0 spiro atoms. The van der Waals surface area contributed by atoms with Crippen LogP contribution in [0, 0.1) is 0 Å². The molecule has 3 rings (SSSR count). The third-order valence-electron chi connectivity index (χ3n) is 3.35. The molecule has 0 saturated heterocycles. The lowest BCUT2D eigenvalue weighted by molar-refractivity contribution is 0.427. The van der Waals surface area contributed by atoms with Crippen molar-refractivity contribution >= 4 is 0 Å². The highest BCUT2D eigenvalue weighted by Crippen LogP contribution is 2.20. The molecule has 3 heterocycles. The molecule has 21 heavy (non-hydrogen) atoms. The van der Waals surface area contributed by atoms with Gasteiger partial charge in [0.1, 0.15) is 29.8 Å². The summed E-state index contributed by atoms with van der Waals surface area (Å²) in [6.07, 6.45) is 8.75. The van der Waals surface area contributed by atoms with Crippen LogP contribution >= 0.6 is 0 Å². The average Bonchev–Trinajstić information content (AvgIpc) is 3.21. The van der Waals surface area contributed by atoms with Crippen molar-refractivity contribution in [2.24, 2.45) is 7.05 Å². The molecule has 0 aliphatic heterocycles. The Hall–Kier alpha value is -2.41. The third kappa shape index (κ3) is 3.19. The first-order valence-corrected chi connectivity index (χ1v) is 6.93. The maximum atomic E-state index is 5.53. The molecule has 0 bridgehead atoms. The van der Waals surface area contributed by atoms with E-state index in [9.17, 15) is 0 Å². The van der Waals surface area contributed by atoms with Crippen LogP contribution in [0.25, 0.3) is 0 Å². The van der Waals surface area contributed by atoms with Gasteiger partial charge >= 0.3 is 0 Å². The molecule has 0 fully saturated rings. The molecule has 7 heteroatoms. The van der Waals surface area contributed by atoms with Crippen molar-refractivity contribution in [3.63, 3.8) is 0 Å². The van der Waals surface area contributed by atoms with Crippen molar-refractivity contribution < 1.29 is 4.42 Å². The molecule has 2 N–H and O–H groups in total. The van der Waals surface area contributed by atoms with Gasteiger partial charge in [-0.25, -0.2) is 9.97 Å². The average molecular weight is 286 g/mol. The summed E-state index contributed by atoms with van der Waals surface area (Å²) >= 11 is 0. The minimum atomic E-state index is -0.0465. The van der Waals surface area contributed by atoms with Crippen LogP contribution in [-0.4, -0.2) is 31.3 Å². The maximum Gasteiger partial charge on any atom is 0.137 e. The topological polar surface area (TPSA) is 84.6 Å². The quantitative estimate of drug-likeness (QED) is 0.642. The van der Waals surface area contributed by atoms with Crippen LogP contribution in [0.5, 0.6) is 0 Å². The van der Waals surface area contributed by atoms with E-state index in [1.54, 1.807) is 12.5 Å². The number of nitrogens with zero attached hydrogens (tertiary/aromatic N) is 4. The van der Waals surface area contributed by atoms with Crippen molar-refractivity contribution in [1.82, 2.24) is 30.0 Å². The van der Waals surface area contributed by atoms with Gasteiger partial charge in [0.25, 0.3) is 0 Å². The van der Waals surface area contributed by atoms with Crippen molar-refractivity contribution in [2.45, 2.75) is 18.9 Å². The summed E-state index contributed by atoms with van der Waals surface area (Å²) in [4.78, 5) is 8.53. The van der Waals surface area contributed by atoms with Gasteiger partial charge in [-0.15, -0.1) is 0 Å². The number of imidazole rings is 1. The van der Waals surface area contributed by atoms with Crippen LogP contribution in [-0.2, 0) is 13.5 Å². The van der Waals surface area contributed by atoms with Gasteiger partial charge in [0.2, 0.25) is 0 Å². The number of H-pyrrole nitrogens is 1. The Morgan fingerprint density at radius 1 is 1.43 bits per heavy atom. The molecule has 3 aromatic rings. The third-order valence-corrected chi connectivity index (χ3v) is 3.35. The van der Waals surface area contributed by atoms with Crippen LogP contribution in [0.4, 0.5) is 0 Å². The van der Waals surface area contributed by atoms with Crippen LogP contribution in [0.15, 0.2) is 41.5 Å². The highest BCUT2D eigenvalue weighted by molar-refractivity contribution is 5.15. The number of aromatic amines is 1. The molecule has 7 nitrogen and oxygen atoms in total. The van der Waals surface area contributed by atoms with Crippen LogP contribution in [0.1, 0.15) is 29.9 Å². The van der Waals surface area contributed by atoms with Gasteiger partial charge in [-0.3, -0.25) is 5.10 Å². The van der Waals surface area contributed by atoms with Gasteiger partial charge in [0.05, 0.1) is 6.26 Å². The highest BCUT2D eigenvalue weighted by atomic mass is 16.3. The second-order valence-corrected chi connectivity index (χ2v) is 4.83. The zero-order chi connectivity index (χ0) is 14.5. The fourth-order valence-electron chi connectivity index (χ4n) is 2.28. The molecule has 1 atom stereocenters. The lowest BCUT2D eigenvalue weighted by atomic mass is 10.2. The zero-order valence-electron chi connectivity index (χ0n) is 11.9. The van der Waals surface area contributed by atoms with E-state index in [4.69, 9.17) is 4.42 Å². The lowest BCUT2D eigenvalue weighted by Gasteiger charge is -2.16. The highest BCUT2D eigenvalue weighted by Gasteiger charge is 2.20. The molecule has 0 saturated carbocycles. The molecule has 0 aromatic carbocycles.